The second kappa shape index (κ2) is 6.10. The minimum absolute atomic E-state index is 0.823. The number of nitrogens with zero attached hydrogens (tertiary/aromatic N) is 2. The van der Waals surface area contributed by atoms with E-state index in [-0.39, 0.29) is 0 Å². The van der Waals surface area contributed by atoms with Crippen molar-refractivity contribution in [3.05, 3.63) is 67.8 Å². The Morgan fingerprint density at radius 3 is 2.32 bits per heavy atom. The van der Waals surface area contributed by atoms with Crippen LogP contribution in [-0.2, 0) is 6.54 Å². The predicted octanol–water partition coefficient (Wildman–Crippen LogP) is 4.99. The van der Waals surface area contributed by atoms with Crippen LogP contribution in [0, 0.1) is 0 Å². The quantitative estimate of drug-likeness (QED) is 0.580. The molecule has 2 heteroatoms. The molecule has 0 saturated carbocycles. The Labute approximate surface area is 132 Å². The van der Waals surface area contributed by atoms with Crippen LogP contribution in [0.25, 0.3) is 21.8 Å². The van der Waals surface area contributed by atoms with Gasteiger partial charge in [0.25, 0.3) is 0 Å². The summed E-state index contributed by atoms with van der Waals surface area (Å²) in [5.74, 6) is 0. The third kappa shape index (κ3) is 2.31. The maximum absolute atomic E-state index is 3.86. The van der Waals surface area contributed by atoms with Gasteiger partial charge in [-0.15, -0.1) is 13.2 Å². The van der Waals surface area contributed by atoms with Crippen molar-refractivity contribution in [3.63, 3.8) is 0 Å². The number of hydrogen-bond donors (Lipinski definition) is 0. The Bertz CT molecular complexity index is 816. The van der Waals surface area contributed by atoms with E-state index >= 15 is 0 Å². The van der Waals surface area contributed by atoms with Crippen LogP contribution in [0.3, 0.4) is 0 Å². The lowest BCUT2D eigenvalue weighted by molar-refractivity contribution is 0.827. The van der Waals surface area contributed by atoms with E-state index < -0.39 is 0 Å². The minimum Gasteiger partial charge on any atom is -0.364 e. The third-order valence-corrected chi connectivity index (χ3v) is 4.14. The lowest BCUT2D eigenvalue weighted by Crippen LogP contribution is -2.22. The lowest BCUT2D eigenvalue weighted by Gasteiger charge is -2.21. The van der Waals surface area contributed by atoms with Crippen molar-refractivity contribution in [2.24, 2.45) is 0 Å². The molecule has 0 amide bonds. The number of rotatable bonds is 6. The van der Waals surface area contributed by atoms with Crippen LogP contribution in [0.5, 0.6) is 0 Å². The molecule has 0 atom stereocenters. The highest BCUT2D eigenvalue weighted by Crippen LogP contribution is 2.32. The largest absolute Gasteiger partial charge is 0.364 e. The summed E-state index contributed by atoms with van der Waals surface area (Å²) in [5, 5.41) is 2.63. The topological polar surface area (TPSA) is 8.17 Å². The molecule has 1 heterocycles. The highest BCUT2D eigenvalue weighted by molar-refractivity contribution is 6.09. The minimum atomic E-state index is 0.823. The van der Waals surface area contributed by atoms with E-state index in [4.69, 9.17) is 0 Å². The van der Waals surface area contributed by atoms with Gasteiger partial charge in [-0.3, -0.25) is 0 Å². The van der Waals surface area contributed by atoms with Gasteiger partial charge >= 0.3 is 0 Å². The zero-order valence-electron chi connectivity index (χ0n) is 13.1. The maximum atomic E-state index is 3.86. The second-order valence-electron chi connectivity index (χ2n) is 5.45. The van der Waals surface area contributed by atoms with Crippen LogP contribution < -0.4 is 4.90 Å². The van der Waals surface area contributed by atoms with Crippen LogP contribution in [0.15, 0.2) is 67.8 Å². The molecular formula is C20H22N2. The standard InChI is InChI=1S/C20H22N2/c1-4-13-21(14-5-2)16-11-12-20-18(15-16)17-9-7-8-10-19(17)22(20)6-3/h4-5,7-12,15H,1-2,6,13-14H2,3H3. The number of benzene rings is 2. The molecule has 0 bridgehead atoms. The van der Waals surface area contributed by atoms with Crippen molar-refractivity contribution < 1.29 is 0 Å². The monoisotopic (exact) mass is 290 g/mol. The van der Waals surface area contributed by atoms with E-state index in [1.807, 2.05) is 12.2 Å². The van der Waals surface area contributed by atoms with Gasteiger partial charge in [-0.05, 0) is 31.2 Å². The average Bonchev–Trinajstić information content (AvgIpc) is 2.87. The van der Waals surface area contributed by atoms with E-state index in [0.29, 0.717) is 0 Å². The fraction of sp³-hybridized carbons (Fsp3) is 0.200. The van der Waals surface area contributed by atoms with Crippen LogP contribution in [0.2, 0.25) is 0 Å². The van der Waals surface area contributed by atoms with Crippen molar-refractivity contribution in [1.29, 1.82) is 0 Å². The number of aromatic nitrogens is 1. The zero-order valence-corrected chi connectivity index (χ0v) is 13.1. The molecule has 0 N–H and O–H groups in total. The summed E-state index contributed by atoms with van der Waals surface area (Å²) in [6.45, 7) is 12.5. The molecule has 0 spiro atoms. The van der Waals surface area contributed by atoms with E-state index in [9.17, 15) is 0 Å². The summed E-state index contributed by atoms with van der Waals surface area (Å²) < 4.78 is 2.37. The average molecular weight is 290 g/mol. The Hall–Kier alpha value is -2.48. The summed E-state index contributed by atoms with van der Waals surface area (Å²) in [6.07, 6.45) is 3.87. The molecule has 2 aromatic carbocycles. The molecule has 0 aliphatic rings. The first-order chi connectivity index (χ1) is 10.8. The number of anilines is 1. The van der Waals surface area contributed by atoms with Gasteiger partial charge < -0.3 is 9.47 Å². The molecule has 1 aromatic heterocycles. The van der Waals surface area contributed by atoms with Crippen LogP contribution in [0.1, 0.15) is 6.92 Å². The molecule has 0 aliphatic carbocycles. The first kappa shape index (κ1) is 14.5. The van der Waals surface area contributed by atoms with Gasteiger partial charge in [-0.25, -0.2) is 0 Å². The molecule has 22 heavy (non-hydrogen) atoms. The summed E-state index contributed by atoms with van der Waals surface area (Å²) >= 11 is 0. The van der Waals surface area contributed by atoms with Crippen molar-refractivity contribution in [1.82, 2.24) is 4.57 Å². The van der Waals surface area contributed by atoms with Gasteiger partial charge in [0.05, 0.1) is 0 Å². The number of para-hydroxylation sites is 1. The van der Waals surface area contributed by atoms with Gasteiger partial charge in [0.2, 0.25) is 0 Å². The molecule has 2 nitrogen and oxygen atoms in total. The maximum Gasteiger partial charge on any atom is 0.0492 e. The number of hydrogen-bond acceptors (Lipinski definition) is 1. The summed E-state index contributed by atoms with van der Waals surface area (Å²) in [7, 11) is 0. The number of aryl methyl sites for hydroxylation is 1. The fourth-order valence-corrected chi connectivity index (χ4v) is 3.18. The van der Waals surface area contributed by atoms with Gasteiger partial charge in [-0.1, -0.05) is 30.4 Å². The molecule has 112 valence electrons. The first-order valence-corrected chi connectivity index (χ1v) is 7.77. The van der Waals surface area contributed by atoms with E-state index in [1.54, 1.807) is 0 Å². The predicted molar refractivity (Wildman–Crippen MR) is 97.7 cm³/mol. The van der Waals surface area contributed by atoms with Gasteiger partial charge in [0.1, 0.15) is 0 Å². The smallest absolute Gasteiger partial charge is 0.0492 e. The SMILES string of the molecule is C=CCN(CC=C)c1ccc2c(c1)c1ccccc1n2CC. The lowest BCUT2D eigenvalue weighted by atomic mass is 10.1. The van der Waals surface area contributed by atoms with E-state index in [2.05, 4.69) is 72.0 Å². The third-order valence-electron chi connectivity index (χ3n) is 4.14. The molecular weight excluding hydrogens is 268 g/mol. The van der Waals surface area contributed by atoms with Crippen molar-refractivity contribution >= 4 is 27.5 Å². The van der Waals surface area contributed by atoms with Crippen molar-refractivity contribution in [2.45, 2.75) is 13.5 Å². The molecule has 0 saturated heterocycles. The summed E-state index contributed by atoms with van der Waals surface area (Å²) in [6, 6.07) is 15.3. The van der Waals surface area contributed by atoms with Gasteiger partial charge in [0.15, 0.2) is 0 Å². The van der Waals surface area contributed by atoms with Crippen LogP contribution in [0.4, 0.5) is 5.69 Å². The van der Waals surface area contributed by atoms with Gasteiger partial charge in [-0.2, -0.15) is 0 Å². The summed E-state index contributed by atoms with van der Waals surface area (Å²) in [4.78, 5) is 2.28. The molecule has 3 aromatic rings. The first-order valence-electron chi connectivity index (χ1n) is 7.77. The summed E-state index contributed by atoms with van der Waals surface area (Å²) in [5.41, 5.74) is 3.81. The Morgan fingerprint density at radius 1 is 0.955 bits per heavy atom. The molecule has 3 rings (SSSR count). The van der Waals surface area contributed by atoms with Gasteiger partial charge in [0, 0.05) is 47.1 Å². The van der Waals surface area contributed by atoms with Crippen molar-refractivity contribution in [2.75, 3.05) is 18.0 Å². The highest BCUT2D eigenvalue weighted by Gasteiger charge is 2.11. The zero-order chi connectivity index (χ0) is 15.5. The fourth-order valence-electron chi connectivity index (χ4n) is 3.18. The molecule has 0 aliphatic heterocycles. The van der Waals surface area contributed by atoms with Crippen LogP contribution >= 0.6 is 0 Å². The normalized spacial score (nSPS) is 11.0. The molecule has 0 fully saturated rings. The number of fused-ring (bicyclic) bond motifs is 3. The second-order valence-corrected chi connectivity index (χ2v) is 5.45. The van der Waals surface area contributed by atoms with Crippen LogP contribution in [-0.4, -0.2) is 17.7 Å². The molecule has 0 unspecified atom stereocenters. The highest BCUT2D eigenvalue weighted by atomic mass is 15.1. The Balaban J connectivity index is 2.22. The van der Waals surface area contributed by atoms with E-state index in [1.165, 1.54) is 27.5 Å². The van der Waals surface area contributed by atoms with E-state index in [0.717, 1.165) is 19.6 Å². The van der Waals surface area contributed by atoms with Crippen molar-refractivity contribution in [3.8, 4) is 0 Å². The Kier molecular flexibility index (Phi) is 4.01. The Morgan fingerprint density at radius 2 is 1.64 bits per heavy atom. The molecule has 0 radical (unpaired) electrons.